The van der Waals surface area contributed by atoms with Gasteiger partial charge in [-0.05, 0) is 32.6 Å². The second-order valence-electron chi connectivity index (χ2n) is 4.44. The fraction of sp³-hybridized carbons (Fsp3) is 0.800. The van der Waals surface area contributed by atoms with Crippen LogP contribution in [0.25, 0.3) is 0 Å². The third-order valence-electron chi connectivity index (χ3n) is 2.89. The van der Waals surface area contributed by atoms with Gasteiger partial charge < -0.3 is 16.2 Å². The minimum absolute atomic E-state index is 0.0642. The van der Waals surface area contributed by atoms with Crippen LogP contribution in [0.4, 0.5) is 0 Å². The van der Waals surface area contributed by atoms with Gasteiger partial charge in [-0.1, -0.05) is 0 Å². The SMILES string of the molecule is CC1(NC(=O)C(N)CCC(=O)O)CCC1. The first-order valence-corrected chi connectivity index (χ1v) is 5.22. The van der Waals surface area contributed by atoms with Crippen LogP contribution < -0.4 is 11.1 Å². The Hall–Kier alpha value is -1.10. The molecule has 1 fully saturated rings. The van der Waals surface area contributed by atoms with E-state index in [0.717, 1.165) is 19.3 Å². The van der Waals surface area contributed by atoms with Gasteiger partial charge in [-0.25, -0.2) is 0 Å². The van der Waals surface area contributed by atoms with Crippen LogP contribution in [-0.2, 0) is 9.59 Å². The molecule has 0 radical (unpaired) electrons. The standard InChI is InChI=1S/C10H18N2O3/c1-10(5-2-6-10)12-9(15)7(11)3-4-8(13)14/h7H,2-6,11H2,1H3,(H,12,15)(H,13,14). The number of amides is 1. The predicted molar refractivity (Wildman–Crippen MR) is 55.2 cm³/mol. The van der Waals surface area contributed by atoms with Gasteiger partial charge in [-0.15, -0.1) is 0 Å². The Balaban J connectivity index is 2.29. The monoisotopic (exact) mass is 214 g/mol. The summed E-state index contributed by atoms with van der Waals surface area (Å²) in [6.45, 7) is 1.98. The number of carbonyl (C=O) groups excluding carboxylic acids is 1. The zero-order chi connectivity index (χ0) is 11.5. The molecule has 1 unspecified atom stereocenters. The fourth-order valence-corrected chi connectivity index (χ4v) is 1.63. The summed E-state index contributed by atoms with van der Waals surface area (Å²) >= 11 is 0. The Labute approximate surface area is 89.0 Å². The number of nitrogens with two attached hydrogens (primary N) is 1. The molecule has 0 aromatic heterocycles. The van der Waals surface area contributed by atoms with Crippen molar-refractivity contribution in [2.45, 2.75) is 50.6 Å². The van der Waals surface area contributed by atoms with Gasteiger partial charge in [0.25, 0.3) is 0 Å². The van der Waals surface area contributed by atoms with Crippen molar-refractivity contribution in [3.63, 3.8) is 0 Å². The summed E-state index contributed by atoms with van der Waals surface area (Å²) in [5, 5.41) is 11.3. The van der Waals surface area contributed by atoms with Gasteiger partial charge in [0.2, 0.25) is 5.91 Å². The normalized spacial score (nSPS) is 20.1. The molecule has 0 aliphatic heterocycles. The highest BCUT2D eigenvalue weighted by molar-refractivity contribution is 5.82. The number of aliphatic carboxylic acids is 1. The largest absolute Gasteiger partial charge is 0.481 e. The second-order valence-corrected chi connectivity index (χ2v) is 4.44. The lowest BCUT2D eigenvalue weighted by atomic mass is 9.78. The molecule has 4 N–H and O–H groups in total. The van der Waals surface area contributed by atoms with Gasteiger partial charge in [0, 0.05) is 12.0 Å². The van der Waals surface area contributed by atoms with Crippen LogP contribution in [0.2, 0.25) is 0 Å². The van der Waals surface area contributed by atoms with Crippen LogP contribution in [0.3, 0.4) is 0 Å². The van der Waals surface area contributed by atoms with Crippen molar-refractivity contribution in [2.24, 2.45) is 5.73 Å². The fourth-order valence-electron chi connectivity index (χ4n) is 1.63. The van der Waals surface area contributed by atoms with E-state index in [1.807, 2.05) is 6.92 Å². The maximum absolute atomic E-state index is 11.5. The summed E-state index contributed by atoms with van der Waals surface area (Å²) in [6, 6.07) is -0.710. The molecular formula is C10H18N2O3. The average Bonchev–Trinajstić information content (AvgIpc) is 2.11. The first-order valence-electron chi connectivity index (χ1n) is 5.22. The van der Waals surface area contributed by atoms with Gasteiger partial charge in [-0.2, -0.15) is 0 Å². The summed E-state index contributed by atoms with van der Waals surface area (Å²) in [5.41, 5.74) is 5.46. The molecular weight excluding hydrogens is 196 g/mol. The van der Waals surface area contributed by atoms with Crippen LogP contribution in [-0.4, -0.2) is 28.6 Å². The van der Waals surface area contributed by atoms with Crippen LogP contribution in [0.15, 0.2) is 0 Å². The molecule has 0 saturated heterocycles. The molecule has 1 aliphatic carbocycles. The van der Waals surface area contributed by atoms with Crippen molar-refractivity contribution in [2.75, 3.05) is 0 Å². The van der Waals surface area contributed by atoms with E-state index in [1.165, 1.54) is 0 Å². The number of carboxylic acid groups (broad SMARTS) is 1. The Morgan fingerprint density at radius 3 is 2.53 bits per heavy atom. The Morgan fingerprint density at radius 2 is 2.13 bits per heavy atom. The highest BCUT2D eigenvalue weighted by Crippen LogP contribution is 2.30. The van der Waals surface area contributed by atoms with Crippen LogP contribution in [0.5, 0.6) is 0 Å². The molecule has 5 heteroatoms. The number of hydrogen-bond acceptors (Lipinski definition) is 3. The molecule has 1 amide bonds. The molecule has 1 aliphatic rings. The quantitative estimate of drug-likeness (QED) is 0.611. The first-order chi connectivity index (χ1) is 6.93. The van der Waals surface area contributed by atoms with E-state index in [-0.39, 0.29) is 24.3 Å². The Kier molecular flexibility index (Phi) is 3.68. The van der Waals surface area contributed by atoms with Crippen molar-refractivity contribution in [1.82, 2.24) is 5.32 Å². The maximum Gasteiger partial charge on any atom is 0.303 e. The van der Waals surface area contributed by atoms with Crippen molar-refractivity contribution < 1.29 is 14.7 Å². The minimum Gasteiger partial charge on any atom is -0.481 e. The molecule has 5 nitrogen and oxygen atoms in total. The van der Waals surface area contributed by atoms with E-state index in [0.29, 0.717) is 0 Å². The molecule has 1 saturated carbocycles. The van der Waals surface area contributed by atoms with Gasteiger partial charge in [0.05, 0.1) is 6.04 Å². The first kappa shape index (κ1) is 12.0. The highest BCUT2D eigenvalue weighted by Gasteiger charge is 2.34. The topological polar surface area (TPSA) is 92.4 Å². The van der Waals surface area contributed by atoms with Crippen molar-refractivity contribution in [3.05, 3.63) is 0 Å². The molecule has 86 valence electrons. The van der Waals surface area contributed by atoms with E-state index in [9.17, 15) is 9.59 Å². The van der Waals surface area contributed by atoms with E-state index >= 15 is 0 Å². The predicted octanol–water partition coefficient (Wildman–Crippen LogP) is 0.237. The number of hydrogen-bond donors (Lipinski definition) is 3. The lowest BCUT2D eigenvalue weighted by Gasteiger charge is -2.39. The number of nitrogens with one attached hydrogen (secondary N) is 1. The van der Waals surface area contributed by atoms with Crippen molar-refractivity contribution >= 4 is 11.9 Å². The summed E-state index contributed by atoms with van der Waals surface area (Å²) in [7, 11) is 0. The zero-order valence-electron chi connectivity index (χ0n) is 8.95. The van der Waals surface area contributed by atoms with Gasteiger partial charge in [0.1, 0.15) is 0 Å². The zero-order valence-corrected chi connectivity index (χ0v) is 8.95. The number of carboxylic acids is 1. The summed E-state index contributed by atoms with van der Waals surface area (Å²) in [4.78, 5) is 21.8. The molecule has 0 spiro atoms. The summed E-state index contributed by atoms with van der Waals surface area (Å²) in [6.07, 6.45) is 3.21. The average molecular weight is 214 g/mol. The van der Waals surface area contributed by atoms with Gasteiger partial charge in [0.15, 0.2) is 0 Å². The molecule has 0 aromatic rings. The maximum atomic E-state index is 11.5. The molecule has 1 atom stereocenters. The van der Waals surface area contributed by atoms with Gasteiger partial charge >= 0.3 is 5.97 Å². The number of carbonyl (C=O) groups is 2. The van der Waals surface area contributed by atoms with E-state index in [4.69, 9.17) is 10.8 Å². The molecule has 1 rings (SSSR count). The Bertz CT molecular complexity index is 261. The Morgan fingerprint density at radius 1 is 1.53 bits per heavy atom. The smallest absolute Gasteiger partial charge is 0.303 e. The summed E-state index contributed by atoms with van der Waals surface area (Å²) in [5.74, 6) is -1.16. The summed E-state index contributed by atoms with van der Waals surface area (Å²) < 4.78 is 0. The second kappa shape index (κ2) is 4.61. The minimum atomic E-state index is -0.923. The third-order valence-corrected chi connectivity index (χ3v) is 2.89. The lowest BCUT2D eigenvalue weighted by molar-refractivity contribution is -0.137. The molecule has 0 bridgehead atoms. The van der Waals surface area contributed by atoms with E-state index < -0.39 is 12.0 Å². The molecule has 0 heterocycles. The van der Waals surface area contributed by atoms with E-state index in [1.54, 1.807) is 0 Å². The highest BCUT2D eigenvalue weighted by atomic mass is 16.4. The van der Waals surface area contributed by atoms with Crippen molar-refractivity contribution in [1.29, 1.82) is 0 Å². The van der Waals surface area contributed by atoms with Crippen molar-refractivity contribution in [3.8, 4) is 0 Å². The van der Waals surface area contributed by atoms with Crippen LogP contribution in [0, 0.1) is 0 Å². The molecule has 0 aromatic carbocycles. The molecule has 15 heavy (non-hydrogen) atoms. The lowest BCUT2D eigenvalue weighted by Crippen LogP contribution is -2.55. The number of rotatable bonds is 5. The van der Waals surface area contributed by atoms with Crippen LogP contribution in [0.1, 0.15) is 39.0 Å². The van der Waals surface area contributed by atoms with Crippen LogP contribution >= 0.6 is 0 Å². The van der Waals surface area contributed by atoms with E-state index in [2.05, 4.69) is 5.32 Å². The third kappa shape index (κ3) is 3.51. The van der Waals surface area contributed by atoms with Gasteiger partial charge in [-0.3, -0.25) is 9.59 Å².